The highest BCUT2D eigenvalue weighted by atomic mass is 16.5. The summed E-state index contributed by atoms with van der Waals surface area (Å²) >= 11 is 0. The van der Waals surface area contributed by atoms with Gasteiger partial charge in [0.2, 0.25) is 0 Å². The van der Waals surface area contributed by atoms with Crippen molar-refractivity contribution in [3.8, 4) is 0 Å². The van der Waals surface area contributed by atoms with Gasteiger partial charge in [-0.2, -0.15) is 0 Å². The minimum atomic E-state index is -0.259. The Morgan fingerprint density at radius 1 is 1.18 bits per heavy atom. The van der Waals surface area contributed by atoms with Gasteiger partial charge in [0, 0.05) is 19.7 Å². The van der Waals surface area contributed by atoms with E-state index in [9.17, 15) is 5.11 Å². The van der Waals surface area contributed by atoms with Crippen molar-refractivity contribution in [2.75, 3.05) is 26.3 Å². The van der Waals surface area contributed by atoms with Gasteiger partial charge in [-0.1, -0.05) is 34.6 Å². The molecule has 1 atom stereocenters. The number of ether oxygens (including phenoxy) is 1. The molecule has 0 radical (unpaired) electrons. The summed E-state index contributed by atoms with van der Waals surface area (Å²) in [6.07, 6.45) is 1.69. The van der Waals surface area contributed by atoms with E-state index >= 15 is 0 Å². The summed E-state index contributed by atoms with van der Waals surface area (Å²) in [7, 11) is 0. The average molecular weight is 245 g/mol. The first-order chi connectivity index (χ1) is 7.81. The normalized spacial score (nSPS) is 14.3. The van der Waals surface area contributed by atoms with Crippen molar-refractivity contribution in [2.24, 2.45) is 11.3 Å². The highest BCUT2D eigenvalue weighted by Gasteiger charge is 2.15. The van der Waals surface area contributed by atoms with Crippen LogP contribution in [0.4, 0.5) is 0 Å². The summed E-state index contributed by atoms with van der Waals surface area (Å²) in [5.74, 6) is 0.705. The number of hydrogen-bond acceptors (Lipinski definition) is 3. The maximum Gasteiger partial charge on any atom is 0.0669 e. The molecule has 0 saturated heterocycles. The maximum absolute atomic E-state index is 9.76. The summed E-state index contributed by atoms with van der Waals surface area (Å²) < 4.78 is 5.48. The van der Waals surface area contributed by atoms with Crippen molar-refractivity contribution in [1.82, 2.24) is 5.32 Å². The fourth-order valence-corrected chi connectivity index (χ4v) is 1.61. The topological polar surface area (TPSA) is 41.5 Å². The molecule has 0 aromatic carbocycles. The van der Waals surface area contributed by atoms with Crippen molar-refractivity contribution < 1.29 is 9.84 Å². The predicted octanol–water partition coefficient (Wildman–Crippen LogP) is 2.44. The lowest BCUT2D eigenvalue weighted by Crippen LogP contribution is -2.32. The van der Waals surface area contributed by atoms with Crippen LogP contribution in [0, 0.1) is 11.3 Å². The number of aliphatic hydroxyl groups is 1. The van der Waals surface area contributed by atoms with Gasteiger partial charge in [-0.15, -0.1) is 0 Å². The number of rotatable bonds is 9. The first kappa shape index (κ1) is 16.9. The Morgan fingerprint density at radius 2 is 1.82 bits per heavy atom. The third-order valence-corrected chi connectivity index (χ3v) is 2.49. The van der Waals surface area contributed by atoms with Gasteiger partial charge >= 0.3 is 0 Å². The number of aliphatic hydroxyl groups excluding tert-OH is 1. The van der Waals surface area contributed by atoms with E-state index in [1.165, 1.54) is 0 Å². The Hall–Kier alpha value is -0.120. The van der Waals surface area contributed by atoms with Gasteiger partial charge in [-0.25, -0.2) is 0 Å². The summed E-state index contributed by atoms with van der Waals surface area (Å²) in [5, 5.41) is 13.0. The van der Waals surface area contributed by atoms with E-state index in [1.54, 1.807) is 0 Å². The Bertz CT molecular complexity index is 176. The Morgan fingerprint density at radius 3 is 2.35 bits per heavy atom. The molecule has 17 heavy (non-hydrogen) atoms. The van der Waals surface area contributed by atoms with Crippen LogP contribution in [0.5, 0.6) is 0 Å². The molecule has 0 aromatic rings. The van der Waals surface area contributed by atoms with Gasteiger partial charge in [0.25, 0.3) is 0 Å². The second-order valence-corrected chi connectivity index (χ2v) is 6.42. The molecule has 2 N–H and O–H groups in total. The van der Waals surface area contributed by atoms with Crippen LogP contribution in [-0.2, 0) is 4.74 Å². The molecule has 0 fully saturated rings. The Balaban J connectivity index is 3.28. The molecular formula is C14H31NO2. The minimum Gasteiger partial charge on any atom is -0.392 e. The highest BCUT2D eigenvalue weighted by molar-refractivity contribution is 4.69. The van der Waals surface area contributed by atoms with Crippen molar-refractivity contribution >= 4 is 0 Å². The van der Waals surface area contributed by atoms with Gasteiger partial charge in [0.05, 0.1) is 12.7 Å². The van der Waals surface area contributed by atoms with Crippen LogP contribution in [0.3, 0.4) is 0 Å². The zero-order valence-corrected chi connectivity index (χ0v) is 12.3. The molecule has 3 nitrogen and oxygen atoms in total. The van der Waals surface area contributed by atoms with E-state index < -0.39 is 0 Å². The highest BCUT2D eigenvalue weighted by Crippen LogP contribution is 2.20. The second-order valence-electron chi connectivity index (χ2n) is 6.42. The number of hydrogen-bond donors (Lipinski definition) is 2. The van der Waals surface area contributed by atoms with Gasteiger partial charge in [0.1, 0.15) is 0 Å². The molecule has 0 aromatic heterocycles. The Labute approximate surface area is 107 Å². The van der Waals surface area contributed by atoms with Crippen molar-refractivity contribution in [1.29, 1.82) is 0 Å². The summed E-state index contributed by atoms with van der Waals surface area (Å²) in [6, 6.07) is 0. The molecule has 3 heteroatoms. The van der Waals surface area contributed by atoms with E-state index in [2.05, 4.69) is 39.9 Å². The monoisotopic (exact) mass is 245 g/mol. The molecule has 0 rings (SSSR count). The van der Waals surface area contributed by atoms with E-state index in [-0.39, 0.29) is 11.5 Å². The van der Waals surface area contributed by atoms with Crippen LogP contribution >= 0.6 is 0 Å². The van der Waals surface area contributed by atoms with Gasteiger partial charge in [-0.05, 0) is 24.2 Å². The molecule has 0 spiro atoms. The second kappa shape index (κ2) is 8.90. The lowest BCUT2D eigenvalue weighted by atomic mass is 9.89. The SMILES string of the molecule is CC(C)CCOCCNCC(O)CC(C)(C)C. The molecule has 104 valence electrons. The summed E-state index contributed by atoms with van der Waals surface area (Å²) in [5.41, 5.74) is 0.189. The molecule has 0 bridgehead atoms. The Kier molecular flexibility index (Phi) is 8.83. The zero-order valence-electron chi connectivity index (χ0n) is 12.3. The largest absolute Gasteiger partial charge is 0.392 e. The molecule has 1 unspecified atom stereocenters. The standard InChI is InChI=1S/C14H31NO2/c1-12(2)6-8-17-9-7-15-11-13(16)10-14(3,4)5/h12-13,15-16H,6-11H2,1-5H3. The van der Waals surface area contributed by atoms with E-state index in [0.717, 1.165) is 32.6 Å². The summed E-state index contributed by atoms with van der Waals surface area (Å²) in [4.78, 5) is 0. The van der Waals surface area contributed by atoms with Gasteiger partial charge in [0.15, 0.2) is 0 Å². The van der Waals surface area contributed by atoms with Crippen LogP contribution in [0.2, 0.25) is 0 Å². The minimum absolute atomic E-state index is 0.189. The van der Waals surface area contributed by atoms with E-state index in [4.69, 9.17) is 4.74 Å². The first-order valence-corrected chi connectivity index (χ1v) is 6.78. The van der Waals surface area contributed by atoms with Gasteiger partial charge in [-0.3, -0.25) is 0 Å². The fourth-order valence-electron chi connectivity index (χ4n) is 1.61. The van der Waals surface area contributed by atoms with Crippen LogP contribution < -0.4 is 5.32 Å². The van der Waals surface area contributed by atoms with Crippen LogP contribution in [0.15, 0.2) is 0 Å². The van der Waals surface area contributed by atoms with Crippen molar-refractivity contribution in [3.63, 3.8) is 0 Å². The quantitative estimate of drug-likeness (QED) is 0.613. The molecule has 0 saturated carbocycles. The fraction of sp³-hybridized carbons (Fsp3) is 1.00. The van der Waals surface area contributed by atoms with Crippen LogP contribution in [-0.4, -0.2) is 37.5 Å². The molecule has 0 aliphatic heterocycles. The van der Waals surface area contributed by atoms with Crippen LogP contribution in [0.25, 0.3) is 0 Å². The predicted molar refractivity (Wildman–Crippen MR) is 73.2 cm³/mol. The maximum atomic E-state index is 9.76. The molecule has 0 aliphatic rings. The van der Waals surface area contributed by atoms with Crippen molar-refractivity contribution in [3.05, 3.63) is 0 Å². The molecule has 0 amide bonds. The van der Waals surface area contributed by atoms with E-state index in [1.807, 2.05) is 0 Å². The number of nitrogens with one attached hydrogen (secondary N) is 1. The molecular weight excluding hydrogens is 214 g/mol. The molecule has 0 aliphatic carbocycles. The zero-order chi connectivity index (χ0) is 13.3. The van der Waals surface area contributed by atoms with Crippen LogP contribution in [0.1, 0.15) is 47.5 Å². The lowest BCUT2D eigenvalue weighted by molar-refractivity contribution is 0.105. The van der Waals surface area contributed by atoms with E-state index in [0.29, 0.717) is 12.5 Å². The third-order valence-electron chi connectivity index (χ3n) is 2.49. The summed E-state index contributed by atoms with van der Waals surface area (Å²) in [6.45, 7) is 13.9. The molecule has 0 heterocycles. The third kappa shape index (κ3) is 13.8. The lowest BCUT2D eigenvalue weighted by Gasteiger charge is -2.22. The first-order valence-electron chi connectivity index (χ1n) is 6.78. The van der Waals surface area contributed by atoms with Gasteiger partial charge < -0.3 is 15.2 Å². The average Bonchev–Trinajstić information content (AvgIpc) is 2.12. The van der Waals surface area contributed by atoms with Crippen molar-refractivity contribution in [2.45, 2.75) is 53.6 Å². The smallest absolute Gasteiger partial charge is 0.0669 e.